The van der Waals surface area contributed by atoms with Crippen LogP contribution in [-0.2, 0) is 4.79 Å². The van der Waals surface area contributed by atoms with Gasteiger partial charge in [0.1, 0.15) is 0 Å². The van der Waals surface area contributed by atoms with Crippen molar-refractivity contribution in [1.29, 1.82) is 0 Å². The predicted octanol–water partition coefficient (Wildman–Crippen LogP) is 2.18. The molecule has 6 nitrogen and oxygen atoms in total. The van der Waals surface area contributed by atoms with Gasteiger partial charge in [-0.15, -0.1) is 5.10 Å². The fourth-order valence-electron chi connectivity index (χ4n) is 1.60. The highest BCUT2D eigenvalue weighted by Gasteiger charge is 2.09. The van der Waals surface area contributed by atoms with Crippen LogP contribution in [0.2, 0.25) is 0 Å². The van der Waals surface area contributed by atoms with Gasteiger partial charge in [-0.3, -0.25) is 0 Å². The minimum atomic E-state index is -0.879. The number of nitrogens with zero attached hydrogens (tertiary/aromatic N) is 4. The van der Waals surface area contributed by atoms with Gasteiger partial charge in [0.05, 0.1) is 5.69 Å². The van der Waals surface area contributed by atoms with Crippen molar-refractivity contribution in [3.8, 4) is 5.69 Å². The largest absolute Gasteiger partial charge is 0.478 e. The van der Waals surface area contributed by atoms with Gasteiger partial charge in [-0.2, -0.15) is 4.68 Å². The standard InChI is InChI=1S/C13H14N4O2S/c1-2-10(12(18)19)8-9-20-13-14-15-16-17(13)11-6-4-3-5-7-11/h3-8H,2,9H2,1H3,(H,18,19). The van der Waals surface area contributed by atoms with Crippen molar-refractivity contribution in [2.75, 3.05) is 5.75 Å². The molecule has 0 fully saturated rings. The Morgan fingerprint density at radius 1 is 1.40 bits per heavy atom. The summed E-state index contributed by atoms with van der Waals surface area (Å²) in [4.78, 5) is 10.9. The number of aliphatic carboxylic acids is 1. The molecule has 0 aliphatic rings. The molecule has 0 saturated heterocycles. The maximum absolute atomic E-state index is 10.9. The first-order valence-electron chi connectivity index (χ1n) is 6.11. The van der Waals surface area contributed by atoms with Gasteiger partial charge in [0.2, 0.25) is 5.16 Å². The average molecular weight is 290 g/mol. The number of benzene rings is 1. The molecular weight excluding hydrogens is 276 g/mol. The van der Waals surface area contributed by atoms with E-state index >= 15 is 0 Å². The van der Waals surface area contributed by atoms with E-state index < -0.39 is 5.97 Å². The van der Waals surface area contributed by atoms with Crippen molar-refractivity contribution < 1.29 is 9.90 Å². The number of carboxylic acid groups (broad SMARTS) is 1. The highest BCUT2D eigenvalue weighted by Crippen LogP contribution is 2.18. The van der Waals surface area contributed by atoms with E-state index in [0.29, 0.717) is 22.9 Å². The van der Waals surface area contributed by atoms with E-state index in [1.165, 1.54) is 11.8 Å². The van der Waals surface area contributed by atoms with E-state index in [4.69, 9.17) is 5.11 Å². The first kappa shape index (κ1) is 14.3. The third-order valence-corrected chi connectivity index (χ3v) is 3.49. The van der Waals surface area contributed by atoms with Crippen molar-refractivity contribution >= 4 is 17.7 Å². The SMILES string of the molecule is CCC(=CCSc1nnnn1-c1ccccc1)C(=O)O. The summed E-state index contributed by atoms with van der Waals surface area (Å²) in [6, 6.07) is 9.55. The molecule has 2 aromatic rings. The molecule has 0 radical (unpaired) electrons. The normalized spacial score (nSPS) is 11.6. The predicted molar refractivity (Wildman–Crippen MR) is 75.9 cm³/mol. The second-order valence-corrected chi connectivity index (χ2v) is 4.90. The molecule has 20 heavy (non-hydrogen) atoms. The van der Waals surface area contributed by atoms with Crippen molar-refractivity contribution in [2.45, 2.75) is 18.5 Å². The lowest BCUT2D eigenvalue weighted by atomic mass is 10.2. The molecule has 1 aromatic heterocycles. The number of thioether (sulfide) groups is 1. The molecule has 2 rings (SSSR count). The Morgan fingerprint density at radius 2 is 2.15 bits per heavy atom. The molecule has 0 aliphatic heterocycles. The molecule has 1 heterocycles. The Labute approximate surface area is 120 Å². The fourth-order valence-corrected chi connectivity index (χ4v) is 2.39. The van der Waals surface area contributed by atoms with Gasteiger partial charge < -0.3 is 5.11 Å². The highest BCUT2D eigenvalue weighted by molar-refractivity contribution is 7.99. The summed E-state index contributed by atoms with van der Waals surface area (Å²) < 4.78 is 1.63. The summed E-state index contributed by atoms with van der Waals surface area (Å²) in [7, 11) is 0. The van der Waals surface area contributed by atoms with Crippen molar-refractivity contribution in [1.82, 2.24) is 20.2 Å². The van der Waals surface area contributed by atoms with E-state index in [2.05, 4.69) is 15.5 Å². The Hall–Kier alpha value is -2.15. The Balaban J connectivity index is 2.09. The quantitative estimate of drug-likeness (QED) is 0.648. The number of tetrazole rings is 1. The topological polar surface area (TPSA) is 80.9 Å². The maximum atomic E-state index is 10.9. The molecule has 0 bridgehead atoms. The van der Waals surface area contributed by atoms with Crippen LogP contribution in [0.1, 0.15) is 13.3 Å². The number of para-hydroxylation sites is 1. The number of carboxylic acids is 1. The van der Waals surface area contributed by atoms with Crippen LogP contribution in [0.4, 0.5) is 0 Å². The number of hydrogen-bond donors (Lipinski definition) is 1. The summed E-state index contributed by atoms with van der Waals surface area (Å²) in [6.45, 7) is 1.82. The second-order valence-electron chi connectivity index (χ2n) is 3.91. The number of hydrogen-bond acceptors (Lipinski definition) is 5. The van der Waals surface area contributed by atoms with Crippen molar-refractivity contribution in [2.24, 2.45) is 0 Å². The van der Waals surface area contributed by atoms with Crippen molar-refractivity contribution in [3.63, 3.8) is 0 Å². The lowest BCUT2D eigenvalue weighted by Crippen LogP contribution is -2.01. The number of aromatic nitrogens is 4. The summed E-state index contributed by atoms with van der Waals surface area (Å²) in [6.07, 6.45) is 2.19. The molecule has 1 aromatic carbocycles. The smallest absolute Gasteiger partial charge is 0.331 e. The van der Waals surface area contributed by atoms with Crippen LogP contribution >= 0.6 is 11.8 Å². The first-order chi connectivity index (χ1) is 9.72. The molecule has 0 unspecified atom stereocenters. The lowest BCUT2D eigenvalue weighted by molar-refractivity contribution is -0.132. The van der Waals surface area contributed by atoms with Gasteiger partial charge in [-0.05, 0) is 29.0 Å². The van der Waals surface area contributed by atoms with Crippen LogP contribution in [0.3, 0.4) is 0 Å². The number of rotatable bonds is 6. The van der Waals surface area contributed by atoms with Crippen molar-refractivity contribution in [3.05, 3.63) is 42.0 Å². The van der Waals surface area contributed by atoms with E-state index in [1.54, 1.807) is 10.8 Å². The van der Waals surface area contributed by atoms with Crippen LogP contribution in [0.25, 0.3) is 5.69 Å². The Morgan fingerprint density at radius 3 is 2.80 bits per heavy atom. The minimum Gasteiger partial charge on any atom is -0.478 e. The molecule has 0 saturated carbocycles. The molecule has 7 heteroatoms. The monoisotopic (exact) mass is 290 g/mol. The van der Waals surface area contributed by atoms with E-state index in [1.807, 2.05) is 37.3 Å². The summed E-state index contributed by atoms with van der Waals surface area (Å²) in [5.74, 6) is -0.362. The third kappa shape index (κ3) is 3.45. The third-order valence-electron chi connectivity index (χ3n) is 2.64. The molecule has 0 spiro atoms. The molecule has 0 amide bonds. The Bertz CT molecular complexity index is 610. The van der Waals surface area contributed by atoms with Gasteiger partial charge in [0, 0.05) is 11.3 Å². The van der Waals surface area contributed by atoms with Gasteiger partial charge >= 0.3 is 5.97 Å². The Kier molecular flexibility index (Phi) is 4.89. The van der Waals surface area contributed by atoms with E-state index in [-0.39, 0.29) is 0 Å². The highest BCUT2D eigenvalue weighted by atomic mass is 32.2. The zero-order valence-electron chi connectivity index (χ0n) is 10.9. The zero-order chi connectivity index (χ0) is 14.4. The van der Waals surface area contributed by atoms with Gasteiger partial charge in [0.25, 0.3) is 0 Å². The molecule has 1 N–H and O–H groups in total. The fraction of sp³-hybridized carbons (Fsp3) is 0.231. The van der Waals surface area contributed by atoms with Crippen LogP contribution in [0.5, 0.6) is 0 Å². The minimum absolute atomic E-state index is 0.399. The summed E-state index contributed by atoms with van der Waals surface area (Å²) in [5.41, 5.74) is 1.27. The summed E-state index contributed by atoms with van der Waals surface area (Å²) in [5, 5.41) is 21.1. The molecular formula is C13H14N4O2S. The number of carbonyl (C=O) groups is 1. The first-order valence-corrected chi connectivity index (χ1v) is 7.10. The lowest BCUT2D eigenvalue weighted by Gasteiger charge is -2.02. The molecule has 104 valence electrons. The van der Waals surface area contributed by atoms with Crippen LogP contribution < -0.4 is 0 Å². The van der Waals surface area contributed by atoms with Crippen LogP contribution in [0.15, 0.2) is 47.1 Å². The van der Waals surface area contributed by atoms with Crippen LogP contribution in [-0.4, -0.2) is 37.0 Å². The molecule has 0 aliphatic carbocycles. The second kappa shape index (κ2) is 6.85. The van der Waals surface area contributed by atoms with E-state index in [9.17, 15) is 4.79 Å². The van der Waals surface area contributed by atoms with Gasteiger partial charge in [-0.25, -0.2) is 4.79 Å². The summed E-state index contributed by atoms with van der Waals surface area (Å²) >= 11 is 1.40. The van der Waals surface area contributed by atoms with Gasteiger partial charge in [-0.1, -0.05) is 43.0 Å². The van der Waals surface area contributed by atoms with E-state index in [0.717, 1.165) is 5.69 Å². The van der Waals surface area contributed by atoms with Crippen LogP contribution in [0, 0.1) is 0 Å². The zero-order valence-corrected chi connectivity index (χ0v) is 11.7. The molecule has 0 atom stereocenters. The maximum Gasteiger partial charge on any atom is 0.331 e. The van der Waals surface area contributed by atoms with Gasteiger partial charge in [0.15, 0.2) is 0 Å². The average Bonchev–Trinajstić information content (AvgIpc) is 2.92.